The number of rotatable bonds is 4. The minimum absolute atomic E-state index is 0.260. The van der Waals surface area contributed by atoms with Gasteiger partial charge in [0, 0.05) is 10.9 Å². The largest absolute Gasteiger partial charge is 0.573 e. The number of nitrogens with two attached hydrogens (primary N) is 1. The van der Waals surface area contributed by atoms with Crippen molar-refractivity contribution >= 4 is 23.4 Å². The fraction of sp³-hybridized carbons (Fsp3) is 0.500. The van der Waals surface area contributed by atoms with Crippen LogP contribution in [0.5, 0.6) is 5.75 Å². The van der Waals surface area contributed by atoms with E-state index in [1.807, 2.05) is 11.8 Å². The second-order valence-corrected chi connectivity index (χ2v) is 6.32. The van der Waals surface area contributed by atoms with Gasteiger partial charge in [-0.05, 0) is 42.9 Å². The Labute approximate surface area is 131 Å². The Balaban J connectivity index is 1.84. The van der Waals surface area contributed by atoms with Crippen molar-refractivity contribution in [2.75, 3.05) is 17.6 Å². The number of halogens is 3. The van der Waals surface area contributed by atoms with Crippen molar-refractivity contribution in [2.24, 2.45) is 10.7 Å². The molecule has 1 heterocycles. The van der Waals surface area contributed by atoms with Gasteiger partial charge in [0.25, 0.3) is 0 Å². The van der Waals surface area contributed by atoms with Crippen LogP contribution in [0.2, 0.25) is 0 Å². The Morgan fingerprint density at radius 1 is 1.32 bits per heavy atom. The highest BCUT2D eigenvalue weighted by atomic mass is 32.2. The van der Waals surface area contributed by atoms with E-state index in [2.05, 4.69) is 15.0 Å². The van der Waals surface area contributed by atoms with Crippen molar-refractivity contribution in [3.8, 4) is 5.75 Å². The van der Waals surface area contributed by atoms with Crippen LogP contribution in [0.3, 0.4) is 0 Å². The number of alkyl halides is 3. The standard InChI is InChI=1S/C14H18F3N3OS/c15-14(16,17)21-11-6-4-10(5-7-11)20-13(18)19-9-12-3-1-2-8-22-12/h4-7,12H,1-3,8-9H2,(H3,18,19,20). The van der Waals surface area contributed by atoms with Crippen LogP contribution >= 0.6 is 11.8 Å². The predicted molar refractivity (Wildman–Crippen MR) is 83.3 cm³/mol. The number of aliphatic imine (C=N–C) groups is 1. The fourth-order valence-electron chi connectivity index (χ4n) is 2.08. The summed E-state index contributed by atoms with van der Waals surface area (Å²) in [7, 11) is 0. The molecular weight excluding hydrogens is 315 g/mol. The van der Waals surface area contributed by atoms with Crippen molar-refractivity contribution < 1.29 is 17.9 Å². The van der Waals surface area contributed by atoms with Gasteiger partial charge in [-0.15, -0.1) is 13.2 Å². The molecule has 0 saturated carbocycles. The lowest BCUT2D eigenvalue weighted by Crippen LogP contribution is -2.25. The van der Waals surface area contributed by atoms with E-state index in [0.717, 1.165) is 12.2 Å². The Morgan fingerprint density at radius 3 is 2.64 bits per heavy atom. The number of ether oxygens (including phenoxy) is 1. The molecule has 2 rings (SSSR count). The summed E-state index contributed by atoms with van der Waals surface area (Å²) in [5, 5.41) is 3.35. The molecule has 1 atom stereocenters. The van der Waals surface area contributed by atoms with Crippen LogP contribution < -0.4 is 15.8 Å². The summed E-state index contributed by atoms with van der Waals surface area (Å²) in [6.45, 7) is 0.652. The molecule has 1 aromatic carbocycles. The summed E-state index contributed by atoms with van der Waals surface area (Å²) in [5.41, 5.74) is 6.34. The molecule has 0 spiro atoms. The van der Waals surface area contributed by atoms with Gasteiger partial charge in [0.2, 0.25) is 0 Å². The first-order valence-corrected chi connectivity index (χ1v) is 8.01. The van der Waals surface area contributed by atoms with Gasteiger partial charge in [-0.1, -0.05) is 6.42 Å². The summed E-state index contributed by atoms with van der Waals surface area (Å²) in [5.74, 6) is 1.15. The zero-order valence-corrected chi connectivity index (χ0v) is 12.7. The van der Waals surface area contributed by atoms with E-state index < -0.39 is 6.36 Å². The molecule has 1 aromatic rings. The van der Waals surface area contributed by atoms with Crippen molar-refractivity contribution in [3.05, 3.63) is 24.3 Å². The molecular formula is C14H18F3N3OS. The number of anilines is 1. The Bertz CT molecular complexity index is 499. The molecule has 1 aliphatic heterocycles. The third-order valence-electron chi connectivity index (χ3n) is 3.10. The normalized spacial score (nSPS) is 19.8. The summed E-state index contributed by atoms with van der Waals surface area (Å²) in [6, 6.07) is 5.36. The van der Waals surface area contributed by atoms with Crippen molar-refractivity contribution in [1.82, 2.24) is 0 Å². The van der Waals surface area contributed by atoms with E-state index in [1.165, 1.54) is 37.1 Å². The zero-order valence-electron chi connectivity index (χ0n) is 11.9. The van der Waals surface area contributed by atoms with Gasteiger partial charge in [0.15, 0.2) is 5.96 Å². The summed E-state index contributed by atoms with van der Waals surface area (Å²) >= 11 is 1.91. The molecule has 1 fully saturated rings. The maximum Gasteiger partial charge on any atom is 0.573 e. The highest BCUT2D eigenvalue weighted by molar-refractivity contribution is 7.99. The monoisotopic (exact) mass is 333 g/mol. The van der Waals surface area contributed by atoms with E-state index in [0.29, 0.717) is 17.5 Å². The smallest absolute Gasteiger partial charge is 0.406 e. The summed E-state index contributed by atoms with van der Waals surface area (Å²) in [6.07, 6.45) is -1.07. The predicted octanol–water partition coefficient (Wildman–Crippen LogP) is 3.60. The topological polar surface area (TPSA) is 59.6 Å². The van der Waals surface area contributed by atoms with Crippen LogP contribution in [-0.2, 0) is 0 Å². The Kier molecular flexibility index (Phi) is 5.82. The van der Waals surface area contributed by atoms with Crippen LogP contribution in [0.25, 0.3) is 0 Å². The number of nitrogens with zero attached hydrogens (tertiary/aromatic N) is 1. The summed E-state index contributed by atoms with van der Waals surface area (Å²) in [4.78, 5) is 4.28. The first-order valence-electron chi connectivity index (χ1n) is 6.97. The van der Waals surface area contributed by atoms with Gasteiger partial charge in [-0.25, -0.2) is 0 Å². The van der Waals surface area contributed by atoms with Crippen LogP contribution in [0, 0.1) is 0 Å². The molecule has 0 amide bonds. The Hall–Kier alpha value is -1.57. The van der Waals surface area contributed by atoms with Crippen LogP contribution in [0.15, 0.2) is 29.3 Å². The minimum Gasteiger partial charge on any atom is -0.406 e. The molecule has 0 aliphatic carbocycles. The average molecular weight is 333 g/mol. The van der Waals surface area contributed by atoms with Gasteiger partial charge in [-0.2, -0.15) is 11.8 Å². The second-order valence-electron chi connectivity index (χ2n) is 4.91. The van der Waals surface area contributed by atoms with Crippen LogP contribution in [-0.4, -0.2) is 29.9 Å². The highest BCUT2D eigenvalue weighted by Crippen LogP contribution is 2.25. The number of hydrogen-bond donors (Lipinski definition) is 2. The lowest BCUT2D eigenvalue weighted by Gasteiger charge is -2.19. The first-order chi connectivity index (χ1) is 10.4. The third-order valence-corrected chi connectivity index (χ3v) is 4.48. The van der Waals surface area contributed by atoms with Crippen LogP contribution in [0.4, 0.5) is 18.9 Å². The molecule has 0 aromatic heterocycles. The molecule has 1 aliphatic rings. The van der Waals surface area contributed by atoms with Gasteiger partial charge in [0.1, 0.15) is 5.75 Å². The van der Waals surface area contributed by atoms with E-state index >= 15 is 0 Å². The molecule has 1 unspecified atom stereocenters. The minimum atomic E-state index is -4.69. The number of benzene rings is 1. The molecule has 8 heteroatoms. The van der Waals surface area contributed by atoms with Gasteiger partial charge in [-0.3, -0.25) is 4.99 Å². The molecule has 0 bridgehead atoms. The van der Waals surface area contributed by atoms with Gasteiger partial charge >= 0.3 is 6.36 Å². The van der Waals surface area contributed by atoms with E-state index in [4.69, 9.17) is 5.73 Å². The van der Waals surface area contributed by atoms with E-state index in [1.54, 1.807) is 0 Å². The maximum absolute atomic E-state index is 12.1. The van der Waals surface area contributed by atoms with E-state index in [9.17, 15) is 13.2 Å². The summed E-state index contributed by atoms with van der Waals surface area (Å²) < 4.78 is 39.9. The zero-order chi connectivity index (χ0) is 16.0. The van der Waals surface area contributed by atoms with Crippen molar-refractivity contribution in [2.45, 2.75) is 30.9 Å². The van der Waals surface area contributed by atoms with E-state index in [-0.39, 0.29) is 11.7 Å². The molecule has 3 N–H and O–H groups in total. The molecule has 122 valence electrons. The third kappa shape index (κ3) is 6.05. The Morgan fingerprint density at radius 2 is 2.05 bits per heavy atom. The molecule has 0 radical (unpaired) electrons. The fourth-order valence-corrected chi connectivity index (χ4v) is 3.30. The SMILES string of the molecule is NC(=NCC1CCCCS1)Nc1ccc(OC(F)(F)F)cc1. The van der Waals surface area contributed by atoms with Gasteiger partial charge in [0.05, 0.1) is 6.54 Å². The molecule has 4 nitrogen and oxygen atoms in total. The highest BCUT2D eigenvalue weighted by Gasteiger charge is 2.30. The first kappa shape index (κ1) is 16.8. The van der Waals surface area contributed by atoms with Crippen molar-refractivity contribution in [3.63, 3.8) is 0 Å². The lowest BCUT2D eigenvalue weighted by atomic mass is 10.2. The molecule has 22 heavy (non-hydrogen) atoms. The number of nitrogens with one attached hydrogen (secondary N) is 1. The van der Waals surface area contributed by atoms with Crippen molar-refractivity contribution in [1.29, 1.82) is 0 Å². The molecule has 1 saturated heterocycles. The quantitative estimate of drug-likeness (QED) is 0.653. The average Bonchev–Trinajstić information content (AvgIpc) is 2.47. The second kappa shape index (κ2) is 7.62. The maximum atomic E-state index is 12.1. The number of hydrogen-bond acceptors (Lipinski definition) is 3. The lowest BCUT2D eigenvalue weighted by molar-refractivity contribution is -0.274. The van der Waals surface area contributed by atoms with Crippen LogP contribution in [0.1, 0.15) is 19.3 Å². The number of thioether (sulfide) groups is 1. The number of guanidine groups is 1. The van der Waals surface area contributed by atoms with Gasteiger partial charge < -0.3 is 15.8 Å².